The topological polar surface area (TPSA) is 72.2 Å². The minimum Gasteiger partial charge on any atom is -0.368 e. The zero-order chi connectivity index (χ0) is 13.7. The number of hydrogen-bond donors (Lipinski definition) is 2. The van der Waals surface area contributed by atoms with Crippen molar-refractivity contribution in [2.24, 2.45) is 11.7 Å². The number of amides is 2. The normalized spacial score (nSPS) is 17.7. The molecule has 0 heterocycles. The van der Waals surface area contributed by atoms with E-state index in [9.17, 15) is 9.59 Å². The third-order valence-corrected chi connectivity index (χ3v) is 3.75. The fourth-order valence-electron chi connectivity index (χ4n) is 2.70. The summed E-state index contributed by atoms with van der Waals surface area (Å²) in [6, 6.07) is 8.36. The summed E-state index contributed by atoms with van der Waals surface area (Å²) in [6.07, 6.45) is 5.34. The summed E-state index contributed by atoms with van der Waals surface area (Å²) in [7, 11) is 0. The fourth-order valence-corrected chi connectivity index (χ4v) is 2.70. The SMILES string of the molecule is NC(=O)[C@@H](NC(=O)c1ccccc1)C1CCCCC1. The molecule has 102 valence electrons. The summed E-state index contributed by atoms with van der Waals surface area (Å²) in [5, 5.41) is 2.79. The van der Waals surface area contributed by atoms with Crippen molar-refractivity contribution in [1.29, 1.82) is 0 Å². The minimum absolute atomic E-state index is 0.180. The Hall–Kier alpha value is -1.84. The molecule has 1 atom stereocenters. The highest BCUT2D eigenvalue weighted by Crippen LogP contribution is 2.26. The molecule has 1 aliphatic rings. The second-order valence-electron chi connectivity index (χ2n) is 5.12. The van der Waals surface area contributed by atoms with Gasteiger partial charge in [-0.05, 0) is 30.9 Å². The minimum atomic E-state index is -0.548. The van der Waals surface area contributed by atoms with Crippen LogP contribution in [0.2, 0.25) is 0 Å². The lowest BCUT2D eigenvalue weighted by Gasteiger charge is -2.28. The smallest absolute Gasteiger partial charge is 0.251 e. The third-order valence-electron chi connectivity index (χ3n) is 3.75. The molecule has 1 aromatic rings. The maximum atomic E-state index is 12.1. The van der Waals surface area contributed by atoms with E-state index in [2.05, 4.69) is 5.32 Å². The molecule has 1 aliphatic carbocycles. The van der Waals surface area contributed by atoms with Gasteiger partial charge < -0.3 is 11.1 Å². The summed E-state index contributed by atoms with van der Waals surface area (Å²) in [6.45, 7) is 0. The summed E-state index contributed by atoms with van der Waals surface area (Å²) >= 11 is 0. The van der Waals surface area contributed by atoms with Crippen LogP contribution >= 0.6 is 0 Å². The molecule has 0 radical (unpaired) electrons. The molecular weight excluding hydrogens is 240 g/mol. The van der Waals surface area contributed by atoms with Crippen LogP contribution in [0.25, 0.3) is 0 Å². The van der Waals surface area contributed by atoms with Gasteiger partial charge in [-0.1, -0.05) is 37.5 Å². The number of carbonyl (C=O) groups is 2. The number of primary amides is 1. The van der Waals surface area contributed by atoms with Crippen molar-refractivity contribution in [2.45, 2.75) is 38.1 Å². The summed E-state index contributed by atoms with van der Waals surface area (Å²) in [5.41, 5.74) is 6.00. The second-order valence-corrected chi connectivity index (χ2v) is 5.12. The number of carbonyl (C=O) groups excluding carboxylic acids is 2. The molecule has 0 aliphatic heterocycles. The molecule has 1 aromatic carbocycles. The highest BCUT2D eigenvalue weighted by molar-refractivity contribution is 5.97. The van der Waals surface area contributed by atoms with E-state index in [0.29, 0.717) is 5.56 Å². The molecule has 3 N–H and O–H groups in total. The zero-order valence-electron chi connectivity index (χ0n) is 11.0. The maximum absolute atomic E-state index is 12.1. The fraction of sp³-hybridized carbons (Fsp3) is 0.467. The van der Waals surface area contributed by atoms with Gasteiger partial charge in [0.25, 0.3) is 5.91 Å². The molecular formula is C15H20N2O2. The third kappa shape index (κ3) is 3.56. The molecule has 4 heteroatoms. The van der Waals surface area contributed by atoms with E-state index in [-0.39, 0.29) is 11.8 Å². The molecule has 0 spiro atoms. The summed E-state index contributed by atoms with van der Waals surface area (Å²) in [5.74, 6) is -0.481. The standard InChI is InChI=1S/C15H20N2O2/c16-14(18)13(11-7-3-1-4-8-11)17-15(19)12-9-5-2-6-10-12/h2,5-6,9-11,13H,1,3-4,7-8H2,(H2,16,18)(H,17,19)/t13-/m0/s1. The average molecular weight is 260 g/mol. The predicted molar refractivity (Wildman–Crippen MR) is 73.5 cm³/mol. The van der Waals surface area contributed by atoms with Crippen molar-refractivity contribution in [3.8, 4) is 0 Å². The van der Waals surface area contributed by atoms with Crippen LogP contribution in [0.15, 0.2) is 30.3 Å². The van der Waals surface area contributed by atoms with Crippen LogP contribution in [0.4, 0.5) is 0 Å². The number of nitrogens with one attached hydrogen (secondary N) is 1. The van der Waals surface area contributed by atoms with Crippen LogP contribution < -0.4 is 11.1 Å². The van der Waals surface area contributed by atoms with Crippen molar-refractivity contribution in [2.75, 3.05) is 0 Å². The second kappa shape index (κ2) is 6.36. The van der Waals surface area contributed by atoms with Gasteiger partial charge in [-0.25, -0.2) is 0 Å². The molecule has 4 nitrogen and oxygen atoms in total. The predicted octanol–water partition coefficient (Wildman–Crippen LogP) is 1.85. The van der Waals surface area contributed by atoms with E-state index in [0.717, 1.165) is 25.7 Å². The van der Waals surface area contributed by atoms with Crippen LogP contribution in [0.3, 0.4) is 0 Å². The van der Waals surface area contributed by atoms with Crippen molar-refractivity contribution >= 4 is 11.8 Å². The van der Waals surface area contributed by atoms with Gasteiger partial charge in [0.1, 0.15) is 6.04 Å². The quantitative estimate of drug-likeness (QED) is 0.867. The number of rotatable bonds is 4. The van der Waals surface area contributed by atoms with Gasteiger partial charge in [0.05, 0.1) is 0 Å². The van der Waals surface area contributed by atoms with Crippen LogP contribution in [-0.4, -0.2) is 17.9 Å². The first-order chi connectivity index (χ1) is 9.18. The lowest BCUT2D eigenvalue weighted by molar-refractivity contribution is -0.121. The van der Waals surface area contributed by atoms with Crippen LogP contribution in [0, 0.1) is 5.92 Å². The van der Waals surface area contributed by atoms with E-state index in [1.807, 2.05) is 6.07 Å². The Morgan fingerprint density at radius 1 is 1.11 bits per heavy atom. The van der Waals surface area contributed by atoms with Gasteiger partial charge >= 0.3 is 0 Å². The highest BCUT2D eigenvalue weighted by Gasteiger charge is 2.29. The number of hydrogen-bond acceptors (Lipinski definition) is 2. The Balaban J connectivity index is 2.04. The largest absolute Gasteiger partial charge is 0.368 e. The Bertz CT molecular complexity index is 439. The first kappa shape index (κ1) is 13.6. The van der Waals surface area contributed by atoms with Crippen LogP contribution in [0.1, 0.15) is 42.5 Å². The molecule has 2 rings (SSSR count). The van der Waals surface area contributed by atoms with Crippen molar-refractivity contribution in [1.82, 2.24) is 5.32 Å². The van der Waals surface area contributed by atoms with Gasteiger partial charge in [-0.2, -0.15) is 0 Å². The highest BCUT2D eigenvalue weighted by atomic mass is 16.2. The molecule has 0 aromatic heterocycles. The molecule has 0 unspecified atom stereocenters. The van der Waals surface area contributed by atoms with Gasteiger partial charge in [-0.15, -0.1) is 0 Å². The average Bonchev–Trinajstić information content (AvgIpc) is 2.46. The first-order valence-electron chi connectivity index (χ1n) is 6.83. The Kier molecular flexibility index (Phi) is 4.55. The molecule has 2 amide bonds. The lowest BCUT2D eigenvalue weighted by Crippen LogP contribution is -2.49. The van der Waals surface area contributed by atoms with Gasteiger partial charge in [0.15, 0.2) is 0 Å². The molecule has 19 heavy (non-hydrogen) atoms. The van der Waals surface area contributed by atoms with Gasteiger partial charge in [0, 0.05) is 5.56 Å². The Labute approximate surface area is 113 Å². The van der Waals surface area contributed by atoms with E-state index >= 15 is 0 Å². The van der Waals surface area contributed by atoms with Crippen molar-refractivity contribution < 1.29 is 9.59 Å². The van der Waals surface area contributed by atoms with Crippen molar-refractivity contribution in [3.05, 3.63) is 35.9 Å². The first-order valence-corrected chi connectivity index (χ1v) is 6.83. The number of benzene rings is 1. The summed E-state index contributed by atoms with van der Waals surface area (Å²) < 4.78 is 0. The Morgan fingerprint density at radius 3 is 2.32 bits per heavy atom. The van der Waals surface area contributed by atoms with Crippen molar-refractivity contribution in [3.63, 3.8) is 0 Å². The number of nitrogens with two attached hydrogens (primary N) is 1. The monoisotopic (exact) mass is 260 g/mol. The molecule has 1 fully saturated rings. The van der Waals surface area contributed by atoms with E-state index < -0.39 is 11.9 Å². The molecule has 0 bridgehead atoms. The Morgan fingerprint density at radius 2 is 1.74 bits per heavy atom. The molecule has 0 saturated heterocycles. The maximum Gasteiger partial charge on any atom is 0.251 e. The van der Waals surface area contributed by atoms with Crippen LogP contribution in [0.5, 0.6) is 0 Å². The van der Waals surface area contributed by atoms with E-state index in [4.69, 9.17) is 5.73 Å². The zero-order valence-corrected chi connectivity index (χ0v) is 11.0. The molecule has 1 saturated carbocycles. The van der Waals surface area contributed by atoms with Crippen LogP contribution in [-0.2, 0) is 4.79 Å². The van der Waals surface area contributed by atoms with Gasteiger partial charge in [-0.3, -0.25) is 9.59 Å². The van der Waals surface area contributed by atoms with Gasteiger partial charge in [0.2, 0.25) is 5.91 Å². The van der Waals surface area contributed by atoms with E-state index in [1.165, 1.54) is 6.42 Å². The van der Waals surface area contributed by atoms with E-state index in [1.54, 1.807) is 24.3 Å². The lowest BCUT2D eigenvalue weighted by atomic mass is 9.83. The summed E-state index contributed by atoms with van der Waals surface area (Å²) in [4.78, 5) is 23.7.